The van der Waals surface area contributed by atoms with Crippen LogP contribution in [-0.4, -0.2) is 30.2 Å². The van der Waals surface area contributed by atoms with Gasteiger partial charge in [0, 0.05) is 11.1 Å². The number of rotatable bonds is 5. The smallest absolute Gasteiger partial charge is 0.278 e. The fourth-order valence-electron chi connectivity index (χ4n) is 3.94. The first kappa shape index (κ1) is 20.6. The standard InChI is InChI=1S/C24H22N6O3/c1-14-8-9-17(10-15(14)2)27-20(31)11-30-19-7-5-4-6-18(19)22-23(30)24(32)29(13-25-22)12-21-26-16(3)28-33-21/h4-10,13H,11-12H2,1-3H3,(H,27,31). The average molecular weight is 442 g/mol. The fourth-order valence-corrected chi connectivity index (χ4v) is 3.94. The van der Waals surface area contributed by atoms with Crippen LogP contribution in [0.4, 0.5) is 5.69 Å². The van der Waals surface area contributed by atoms with Crippen molar-refractivity contribution in [2.45, 2.75) is 33.9 Å². The van der Waals surface area contributed by atoms with E-state index in [0.717, 1.165) is 22.0 Å². The maximum absolute atomic E-state index is 13.4. The van der Waals surface area contributed by atoms with Crippen molar-refractivity contribution in [3.63, 3.8) is 0 Å². The number of para-hydroxylation sites is 1. The van der Waals surface area contributed by atoms with Crippen LogP contribution in [0.1, 0.15) is 22.8 Å². The van der Waals surface area contributed by atoms with Crippen LogP contribution in [0.5, 0.6) is 0 Å². The van der Waals surface area contributed by atoms with Gasteiger partial charge in [-0.15, -0.1) is 0 Å². The topological polar surface area (TPSA) is 108 Å². The number of benzene rings is 2. The molecule has 0 saturated heterocycles. The molecule has 0 bridgehead atoms. The summed E-state index contributed by atoms with van der Waals surface area (Å²) in [5.41, 5.74) is 4.33. The minimum Gasteiger partial charge on any atom is -0.337 e. The highest BCUT2D eigenvalue weighted by atomic mass is 16.5. The summed E-state index contributed by atoms with van der Waals surface area (Å²) in [5.74, 6) is 0.568. The largest absolute Gasteiger partial charge is 0.337 e. The van der Waals surface area contributed by atoms with Crippen molar-refractivity contribution in [3.05, 3.63) is 82.0 Å². The summed E-state index contributed by atoms with van der Waals surface area (Å²) in [6.45, 7) is 5.80. The number of hydrogen-bond donors (Lipinski definition) is 1. The first-order chi connectivity index (χ1) is 15.9. The normalized spacial score (nSPS) is 11.4. The van der Waals surface area contributed by atoms with Crippen LogP contribution < -0.4 is 10.9 Å². The Kier molecular flexibility index (Phi) is 5.01. The molecule has 3 heterocycles. The van der Waals surface area contributed by atoms with E-state index < -0.39 is 0 Å². The first-order valence-electron chi connectivity index (χ1n) is 10.5. The fraction of sp³-hybridized carbons (Fsp3) is 0.208. The maximum Gasteiger partial charge on any atom is 0.278 e. The second-order valence-corrected chi connectivity index (χ2v) is 8.06. The Labute approximate surface area is 188 Å². The van der Waals surface area contributed by atoms with E-state index in [4.69, 9.17) is 4.52 Å². The number of nitrogens with one attached hydrogen (secondary N) is 1. The lowest BCUT2D eigenvalue weighted by atomic mass is 10.1. The third-order valence-electron chi connectivity index (χ3n) is 5.70. The van der Waals surface area contributed by atoms with Gasteiger partial charge >= 0.3 is 0 Å². The van der Waals surface area contributed by atoms with Crippen molar-refractivity contribution in [2.24, 2.45) is 0 Å². The average Bonchev–Trinajstić information content (AvgIpc) is 3.34. The van der Waals surface area contributed by atoms with E-state index in [1.165, 1.54) is 10.9 Å². The summed E-state index contributed by atoms with van der Waals surface area (Å²) in [6, 6.07) is 13.3. The molecular formula is C24H22N6O3. The second-order valence-electron chi connectivity index (χ2n) is 8.06. The van der Waals surface area contributed by atoms with E-state index in [-0.39, 0.29) is 24.6 Å². The highest BCUT2D eigenvalue weighted by Crippen LogP contribution is 2.25. The van der Waals surface area contributed by atoms with Gasteiger partial charge < -0.3 is 14.4 Å². The van der Waals surface area contributed by atoms with E-state index in [2.05, 4.69) is 20.4 Å². The van der Waals surface area contributed by atoms with Gasteiger partial charge in [-0.3, -0.25) is 14.2 Å². The predicted octanol–water partition coefficient (Wildman–Crippen LogP) is 3.35. The van der Waals surface area contributed by atoms with E-state index >= 15 is 0 Å². The van der Waals surface area contributed by atoms with Crippen LogP contribution in [0, 0.1) is 20.8 Å². The molecule has 33 heavy (non-hydrogen) atoms. The van der Waals surface area contributed by atoms with Gasteiger partial charge in [-0.2, -0.15) is 4.98 Å². The van der Waals surface area contributed by atoms with Crippen LogP contribution in [0.25, 0.3) is 21.9 Å². The molecule has 9 nitrogen and oxygen atoms in total. The highest BCUT2D eigenvalue weighted by molar-refractivity contribution is 6.06. The number of anilines is 1. The zero-order valence-electron chi connectivity index (χ0n) is 18.5. The Balaban J connectivity index is 1.57. The molecule has 1 amide bonds. The summed E-state index contributed by atoms with van der Waals surface area (Å²) in [4.78, 5) is 35.1. The Hall–Kier alpha value is -4.27. The monoisotopic (exact) mass is 442 g/mol. The molecule has 0 aliphatic carbocycles. The van der Waals surface area contributed by atoms with E-state index in [0.29, 0.717) is 28.4 Å². The van der Waals surface area contributed by atoms with Gasteiger partial charge in [0.05, 0.1) is 11.8 Å². The summed E-state index contributed by atoms with van der Waals surface area (Å²) in [5, 5.41) is 7.51. The van der Waals surface area contributed by atoms with Crippen molar-refractivity contribution in [3.8, 4) is 0 Å². The molecule has 2 aromatic carbocycles. The molecule has 0 saturated carbocycles. The molecule has 0 aliphatic heterocycles. The van der Waals surface area contributed by atoms with Gasteiger partial charge in [0.1, 0.15) is 24.1 Å². The zero-order valence-corrected chi connectivity index (χ0v) is 18.5. The molecule has 1 N–H and O–H groups in total. The first-order valence-corrected chi connectivity index (χ1v) is 10.5. The number of aromatic nitrogens is 5. The summed E-state index contributed by atoms with van der Waals surface area (Å²) >= 11 is 0. The lowest BCUT2D eigenvalue weighted by molar-refractivity contribution is -0.116. The summed E-state index contributed by atoms with van der Waals surface area (Å²) in [6.07, 6.45) is 1.47. The van der Waals surface area contributed by atoms with Gasteiger partial charge in [-0.25, -0.2) is 4.98 Å². The molecule has 0 fully saturated rings. The Morgan fingerprint density at radius 3 is 2.67 bits per heavy atom. The van der Waals surface area contributed by atoms with Crippen molar-refractivity contribution in [1.82, 2.24) is 24.3 Å². The van der Waals surface area contributed by atoms with Crippen LogP contribution in [0.3, 0.4) is 0 Å². The van der Waals surface area contributed by atoms with Crippen LogP contribution in [0.15, 0.2) is 58.1 Å². The van der Waals surface area contributed by atoms with E-state index in [1.807, 2.05) is 56.3 Å². The second kappa shape index (κ2) is 8.01. The van der Waals surface area contributed by atoms with Gasteiger partial charge in [0.2, 0.25) is 11.8 Å². The Morgan fingerprint density at radius 1 is 1.09 bits per heavy atom. The van der Waals surface area contributed by atoms with E-state index in [1.54, 1.807) is 11.5 Å². The van der Waals surface area contributed by atoms with Crippen LogP contribution >= 0.6 is 0 Å². The van der Waals surface area contributed by atoms with Crippen LogP contribution in [-0.2, 0) is 17.9 Å². The number of carbonyl (C=O) groups excluding carboxylic acids is 1. The number of aryl methyl sites for hydroxylation is 3. The van der Waals surface area contributed by atoms with Gasteiger partial charge in [-0.1, -0.05) is 29.4 Å². The van der Waals surface area contributed by atoms with Crippen molar-refractivity contribution in [1.29, 1.82) is 0 Å². The third kappa shape index (κ3) is 3.78. The Morgan fingerprint density at radius 2 is 1.91 bits per heavy atom. The molecule has 5 rings (SSSR count). The lowest BCUT2D eigenvalue weighted by Crippen LogP contribution is -2.25. The lowest BCUT2D eigenvalue weighted by Gasteiger charge is -2.10. The molecule has 9 heteroatoms. The minimum absolute atomic E-state index is 0.0302. The molecule has 0 aliphatic rings. The Bertz CT molecular complexity index is 1580. The van der Waals surface area contributed by atoms with Crippen LogP contribution in [0.2, 0.25) is 0 Å². The molecule has 0 spiro atoms. The molecule has 3 aromatic heterocycles. The summed E-state index contributed by atoms with van der Waals surface area (Å²) < 4.78 is 8.28. The summed E-state index contributed by atoms with van der Waals surface area (Å²) in [7, 11) is 0. The molecular weight excluding hydrogens is 420 g/mol. The van der Waals surface area contributed by atoms with Crippen molar-refractivity contribution < 1.29 is 9.32 Å². The van der Waals surface area contributed by atoms with Gasteiger partial charge in [-0.05, 0) is 50.1 Å². The van der Waals surface area contributed by atoms with Crippen molar-refractivity contribution >= 4 is 33.5 Å². The number of nitrogens with zero attached hydrogens (tertiary/aromatic N) is 5. The van der Waals surface area contributed by atoms with E-state index in [9.17, 15) is 9.59 Å². The molecule has 0 atom stereocenters. The molecule has 0 unspecified atom stereocenters. The van der Waals surface area contributed by atoms with Gasteiger partial charge in [0.25, 0.3) is 5.56 Å². The SMILES string of the molecule is Cc1noc(Cn2cnc3c4ccccc4n(CC(=O)Nc4ccc(C)c(C)c4)c3c2=O)n1. The van der Waals surface area contributed by atoms with Gasteiger partial charge in [0.15, 0.2) is 5.82 Å². The molecule has 5 aromatic rings. The molecule has 166 valence electrons. The minimum atomic E-state index is -0.286. The highest BCUT2D eigenvalue weighted by Gasteiger charge is 2.19. The maximum atomic E-state index is 13.4. The number of fused-ring (bicyclic) bond motifs is 3. The predicted molar refractivity (Wildman–Crippen MR) is 124 cm³/mol. The number of amides is 1. The van der Waals surface area contributed by atoms with Crippen molar-refractivity contribution in [2.75, 3.05) is 5.32 Å². The number of hydrogen-bond acceptors (Lipinski definition) is 6. The quantitative estimate of drug-likeness (QED) is 0.447. The zero-order chi connectivity index (χ0) is 23.1. The number of carbonyl (C=O) groups is 1. The third-order valence-corrected chi connectivity index (χ3v) is 5.70. The molecule has 0 radical (unpaired) electrons.